The van der Waals surface area contributed by atoms with Gasteiger partial charge in [-0.2, -0.15) is 0 Å². The summed E-state index contributed by atoms with van der Waals surface area (Å²) in [5.74, 6) is -0.265. The van der Waals surface area contributed by atoms with Crippen molar-refractivity contribution in [1.82, 2.24) is 4.72 Å². The highest BCUT2D eigenvalue weighted by atomic mass is 32.2. The van der Waals surface area contributed by atoms with Crippen molar-refractivity contribution in [2.75, 3.05) is 12.3 Å². The van der Waals surface area contributed by atoms with Crippen LogP contribution in [0.2, 0.25) is 0 Å². The van der Waals surface area contributed by atoms with Crippen molar-refractivity contribution in [2.45, 2.75) is 24.3 Å². The third-order valence-electron chi connectivity index (χ3n) is 2.61. The Morgan fingerprint density at radius 2 is 1.70 bits per heavy atom. The maximum absolute atomic E-state index is 11.9. The lowest BCUT2D eigenvalue weighted by Crippen LogP contribution is -2.27. The van der Waals surface area contributed by atoms with Crippen molar-refractivity contribution >= 4 is 20.0 Å². The van der Waals surface area contributed by atoms with Gasteiger partial charge >= 0.3 is 0 Å². The summed E-state index contributed by atoms with van der Waals surface area (Å²) < 4.78 is 47.6. The summed E-state index contributed by atoms with van der Waals surface area (Å²) in [6, 6.07) is 6.03. The van der Waals surface area contributed by atoms with Crippen LogP contribution >= 0.6 is 0 Å². The summed E-state index contributed by atoms with van der Waals surface area (Å²) in [6.07, 6.45) is 0.121. The molecule has 1 rings (SSSR count). The van der Waals surface area contributed by atoms with Crippen molar-refractivity contribution in [1.29, 1.82) is 0 Å². The lowest BCUT2D eigenvalue weighted by molar-refractivity contribution is 0.576. The molecule has 0 radical (unpaired) electrons. The molecule has 0 aliphatic rings. The zero-order valence-corrected chi connectivity index (χ0v) is 12.7. The molecule has 9 heteroatoms. The van der Waals surface area contributed by atoms with E-state index in [-0.39, 0.29) is 29.7 Å². The lowest BCUT2D eigenvalue weighted by atomic mass is 10.1. The third kappa shape index (κ3) is 5.55. The summed E-state index contributed by atoms with van der Waals surface area (Å²) >= 11 is 0. The maximum atomic E-state index is 11.9. The molecule has 20 heavy (non-hydrogen) atoms. The predicted molar refractivity (Wildman–Crippen MR) is 76.8 cm³/mol. The fraction of sp³-hybridized carbons (Fsp3) is 0.455. The van der Waals surface area contributed by atoms with Gasteiger partial charge in [-0.25, -0.2) is 26.7 Å². The normalized spacial score (nSPS) is 14.2. The highest BCUT2D eigenvalue weighted by Crippen LogP contribution is 2.14. The lowest BCUT2D eigenvalue weighted by Gasteiger charge is -2.09. The molecule has 0 aromatic heterocycles. The predicted octanol–water partition coefficient (Wildman–Crippen LogP) is -0.337. The summed E-state index contributed by atoms with van der Waals surface area (Å²) in [4.78, 5) is 0.109. The van der Waals surface area contributed by atoms with E-state index in [0.29, 0.717) is 0 Å². The van der Waals surface area contributed by atoms with Gasteiger partial charge < -0.3 is 5.73 Å². The standard InChI is InChI=1S/C11H19N3O4S2/c1-9(12)10-3-5-11(6-4-10)20(17,18)14-7-2-8-19(13,15)16/h3-6,9,14H,2,7-8,12H2,1H3,(H2,13,15,16). The second-order valence-corrected chi connectivity index (χ2v) is 7.98. The van der Waals surface area contributed by atoms with Crippen LogP contribution in [-0.2, 0) is 20.0 Å². The number of hydrogen-bond donors (Lipinski definition) is 3. The molecule has 1 atom stereocenters. The molecule has 5 N–H and O–H groups in total. The molecule has 0 fully saturated rings. The largest absolute Gasteiger partial charge is 0.324 e. The van der Waals surface area contributed by atoms with E-state index in [4.69, 9.17) is 10.9 Å². The topological polar surface area (TPSA) is 132 Å². The minimum absolute atomic E-state index is 0.00774. The van der Waals surface area contributed by atoms with Crippen molar-refractivity contribution in [2.24, 2.45) is 10.9 Å². The van der Waals surface area contributed by atoms with Gasteiger partial charge in [0.15, 0.2) is 0 Å². The van der Waals surface area contributed by atoms with E-state index < -0.39 is 20.0 Å². The molecule has 0 heterocycles. The van der Waals surface area contributed by atoms with Crippen LogP contribution in [0, 0.1) is 0 Å². The van der Waals surface area contributed by atoms with Crippen LogP contribution in [0.15, 0.2) is 29.2 Å². The van der Waals surface area contributed by atoms with Gasteiger partial charge in [0.25, 0.3) is 0 Å². The number of nitrogens with one attached hydrogen (secondary N) is 1. The zero-order valence-electron chi connectivity index (χ0n) is 11.1. The highest BCUT2D eigenvalue weighted by molar-refractivity contribution is 7.89. The summed E-state index contributed by atoms with van der Waals surface area (Å²) in [6.45, 7) is 1.81. The van der Waals surface area contributed by atoms with E-state index in [1.165, 1.54) is 12.1 Å². The van der Waals surface area contributed by atoms with Crippen LogP contribution < -0.4 is 15.6 Å². The number of sulfonamides is 2. The van der Waals surface area contributed by atoms with Gasteiger partial charge in [-0.3, -0.25) is 0 Å². The second-order valence-electron chi connectivity index (χ2n) is 4.48. The molecular formula is C11H19N3O4S2. The molecule has 0 spiro atoms. The average molecular weight is 321 g/mol. The number of hydrogen-bond acceptors (Lipinski definition) is 5. The molecule has 0 amide bonds. The van der Waals surface area contributed by atoms with Crippen molar-refractivity contribution in [3.8, 4) is 0 Å². The summed E-state index contributed by atoms with van der Waals surface area (Å²) in [5, 5.41) is 4.82. The highest BCUT2D eigenvalue weighted by Gasteiger charge is 2.14. The molecule has 0 aliphatic heterocycles. The molecule has 0 saturated carbocycles. The Morgan fingerprint density at radius 1 is 1.15 bits per heavy atom. The van der Waals surface area contributed by atoms with Gasteiger partial charge in [0.1, 0.15) is 0 Å². The molecule has 114 valence electrons. The summed E-state index contributed by atoms with van der Waals surface area (Å²) in [5.41, 5.74) is 6.51. The van der Waals surface area contributed by atoms with Crippen LogP contribution in [0.5, 0.6) is 0 Å². The van der Waals surface area contributed by atoms with Crippen molar-refractivity contribution in [3.63, 3.8) is 0 Å². The number of rotatable bonds is 7. The Kier molecular flexibility index (Phi) is 5.66. The van der Waals surface area contributed by atoms with Crippen molar-refractivity contribution in [3.05, 3.63) is 29.8 Å². The molecule has 1 unspecified atom stereocenters. The van der Waals surface area contributed by atoms with Crippen LogP contribution in [0.4, 0.5) is 0 Å². The molecule has 1 aromatic rings. The van der Waals surface area contributed by atoms with Crippen LogP contribution in [0.3, 0.4) is 0 Å². The van der Waals surface area contributed by atoms with E-state index in [1.54, 1.807) is 19.1 Å². The van der Waals surface area contributed by atoms with Crippen molar-refractivity contribution < 1.29 is 16.8 Å². The number of benzene rings is 1. The molecule has 0 bridgehead atoms. The minimum Gasteiger partial charge on any atom is -0.324 e. The Hall–Kier alpha value is -1.00. The van der Waals surface area contributed by atoms with Gasteiger partial charge in [-0.05, 0) is 31.0 Å². The van der Waals surface area contributed by atoms with Gasteiger partial charge in [0.05, 0.1) is 10.6 Å². The monoisotopic (exact) mass is 321 g/mol. The van der Waals surface area contributed by atoms with Gasteiger partial charge in [0.2, 0.25) is 20.0 Å². The first kappa shape index (κ1) is 17.1. The zero-order chi connectivity index (χ0) is 15.4. The fourth-order valence-electron chi connectivity index (χ4n) is 1.51. The smallest absolute Gasteiger partial charge is 0.240 e. The molecule has 1 aromatic carbocycles. The molecule has 0 aliphatic carbocycles. The second kappa shape index (κ2) is 6.64. The third-order valence-corrected chi connectivity index (χ3v) is 4.95. The maximum Gasteiger partial charge on any atom is 0.240 e. The van der Waals surface area contributed by atoms with Crippen LogP contribution in [0.1, 0.15) is 24.9 Å². The Labute approximate surface area is 119 Å². The molecule has 0 saturated heterocycles. The van der Waals surface area contributed by atoms with E-state index in [0.717, 1.165) is 5.56 Å². The van der Waals surface area contributed by atoms with Gasteiger partial charge in [-0.1, -0.05) is 12.1 Å². The Balaban J connectivity index is 2.65. The quantitative estimate of drug-likeness (QED) is 0.591. The number of primary sulfonamides is 1. The van der Waals surface area contributed by atoms with Gasteiger partial charge in [-0.15, -0.1) is 0 Å². The first-order valence-corrected chi connectivity index (χ1v) is 9.17. The van der Waals surface area contributed by atoms with Crippen LogP contribution in [0.25, 0.3) is 0 Å². The molecular weight excluding hydrogens is 302 g/mol. The van der Waals surface area contributed by atoms with E-state index in [1.807, 2.05) is 0 Å². The first-order valence-electron chi connectivity index (χ1n) is 5.97. The van der Waals surface area contributed by atoms with Gasteiger partial charge in [0, 0.05) is 12.6 Å². The fourth-order valence-corrected chi connectivity index (χ4v) is 3.13. The Morgan fingerprint density at radius 3 is 2.15 bits per heavy atom. The minimum atomic E-state index is -3.65. The number of nitrogens with two attached hydrogens (primary N) is 2. The first-order chi connectivity index (χ1) is 9.12. The SMILES string of the molecule is CC(N)c1ccc(S(=O)(=O)NCCCS(N)(=O)=O)cc1. The molecule has 7 nitrogen and oxygen atoms in total. The van der Waals surface area contributed by atoms with E-state index >= 15 is 0 Å². The summed E-state index contributed by atoms with van der Waals surface area (Å²) in [7, 11) is -7.22. The van der Waals surface area contributed by atoms with Crippen LogP contribution in [-0.4, -0.2) is 29.1 Å². The Bertz CT molecular complexity index is 637. The van der Waals surface area contributed by atoms with E-state index in [9.17, 15) is 16.8 Å². The average Bonchev–Trinajstić information content (AvgIpc) is 2.34. The van der Waals surface area contributed by atoms with E-state index in [2.05, 4.69) is 4.72 Å².